The summed E-state index contributed by atoms with van der Waals surface area (Å²) in [5.41, 5.74) is 1.46. The SMILES string of the molecule is O=C(CN1C(=O)CCC1=O)NCc1cc(-c2ccccc2)on1. The van der Waals surface area contributed by atoms with Crippen LogP contribution in [0.4, 0.5) is 0 Å². The summed E-state index contributed by atoms with van der Waals surface area (Å²) >= 11 is 0. The molecule has 1 aromatic carbocycles. The maximum atomic E-state index is 11.8. The van der Waals surface area contributed by atoms with Crippen molar-refractivity contribution in [2.45, 2.75) is 19.4 Å². The number of nitrogens with zero attached hydrogens (tertiary/aromatic N) is 2. The zero-order chi connectivity index (χ0) is 16.2. The van der Waals surface area contributed by atoms with Crippen molar-refractivity contribution in [3.05, 3.63) is 42.1 Å². The van der Waals surface area contributed by atoms with Crippen LogP contribution in [0.15, 0.2) is 40.9 Å². The summed E-state index contributed by atoms with van der Waals surface area (Å²) in [7, 11) is 0. The maximum Gasteiger partial charge on any atom is 0.240 e. The number of amides is 3. The van der Waals surface area contributed by atoms with Crippen LogP contribution >= 0.6 is 0 Å². The van der Waals surface area contributed by atoms with Crippen LogP contribution in [-0.4, -0.2) is 34.3 Å². The van der Waals surface area contributed by atoms with Crippen LogP contribution in [0.1, 0.15) is 18.5 Å². The topological polar surface area (TPSA) is 92.5 Å². The second-order valence-electron chi connectivity index (χ2n) is 5.20. The predicted molar refractivity (Wildman–Crippen MR) is 79.7 cm³/mol. The van der Waals surface area contributed by atoms with Gasteiger partial charge in [-0.05, 0) is 0 Å². The molecule has 1 aliphatic heterocycles. The predicted octanol–water partition coefficient (Wildman–Crippen LogP) is 1.11. The van der Waals surface area contributed by atoms with Crippen LogP contribution in [0.5, 0.6) is 0 Å². The summed E-state index contributed by atoms with van der Waals surface area (Å²) in [5, 5.41) is 6.51. The van der Waals surface area contributed by atoms with E-state index < -0.39 is 5.91 Å². The number of likely N-dealkylation sites (tertiary alicyclic amines) is 1. The van der Waals surface area contributed by atoms with E-state index in [4.69, 9.17) is 4.52 Å². The highest BCUT2D eigenvalue weighted by atomic mass is 16.5. The van der Waals surface area contributed by atoms with Gasteiger partial charge in [0, 0.05) is 24.5 Å². The van der Waals surface area contributed by atoms with Gasteiger partial charge >= 0.3 is 0 Å². The molecule has 1 aromatic heterocycles. The Labute approximate surface area is 132 Å². The summed E-state index contributed by atoms with van der Waals surface area (Å²) in [6.07, 6.45) is 0.353. The van der Waals surface area contributed by atoms with E-state index in [1.54, 1.807) is 6.07 Å². The Morgan fingerprint density at radius 1 is 1.17 bits per heavy atom. The lowest BCUT2D eigenvalue weighted by atomic mass is 10.2. The van der Waals surface area contributed by atoms with Crippen molar-refractivity contribution in [1.82, 2.24) is 15.4 Å². The summed E-state index contributed by atoms with van der Waals surface area (Å²) in [6.45, 7) is -0.0769. The van der Waals surface area contributed by atoms with Crippen molar-refractivity contribution in [2.24, 2.45) is 0 Å². The molecule has 0 saturated carbocycles. The summed E-state index contributed by atoms with van der Waals surface area (Å²) in [4.78, 5) is 35.7. The number of carbonyl (C=O) groups is 3. The Bertz CT molecular complexity index is 723. The van der Waals surface area contributed by atoms with Crippen LogP contribution in [0, 0.1) is 0 Å². The van der Waals surface area contributed by atoms with Crippen molar-refractivity contribution >= 4 is 17.7 Å². The van der Waals surface area contributed by atoms with Crippen molar-refractivity contribution in [3.8, 4) is 11.3 Å². The fourth-order valence-electron chi connectivity index (χ4n) is 2.32. The number of hydrogen-bond acceptors (Lipinski definition) is 5. The molecule has 0 aliphatic carbocycles. The van der Waals surface area contributed by atoms with Crippen LogP contribution < -0.4 is 5.32 Å². The lowest BCUT2D eigenvalue weighted by molar-refractivity contribution is -0.142. The van der Waals surface area contributed by atoms with E-state index in [1.807, 2.05) is 30.3 Å². The Balaban J connectivity index is 1.54. The zero-order valence-electron chi connectivity index (χ0n) is 12.3. The Morgan fingerprint density at radius 2 is 1.87 bits per heavy atom. The van der Waals surface area contributed by atoms with E-state index in [0.717, 1.165) is 10.5 Å². The van der Waals surface area contributed by atoms with E-state index in [0.29, 0.717) is 11.5 Å². The average Bonchev–Trinajstić information content (AvgIpc) is 3.16. The number of carbonyl (C=O) groups excluding carboxylic acids is 3. The summed E-state index contributed by atoms with van der Waals surface area (Å²) in [6, 6.07) is 11.2. The molecule has 23 heavy (non-hydrogen) atoms. The van der Waals surface area contributed by atoms with Gasteiger partial charge in [0.2, 0.25) is 17.7 Å². The van der Waals surface area contributed by atoms with E-state index in [9.17, 15) is 14.4 Å². The lowest BCUT2D eigenvalue weighted by Gasteiger charge is -2.12. The van der Waals surface area contributed by atoms with Gasteiger partial charge in [0.25, 0.3) is 0 Å². The van der Waals surface area contributed by atoms with Crippen LogP contribution in [0.25, 0.3) is 11.3 Å². The highest BCUT2D eigenvalue weighted by Gasteiger charge is 2.30. The van der Waals surface area contributed by atoms with E-state index in [1.165, 1.54) is 0 Å². The molecule has 1 aliphatic rings. The highest BCUT2D eigenvalue weighted by Crippen LogP contribution is 2.19. The third kappa shape index (κ3) is 3.45. The minimum Gasteiger partial charge on any atom is -0.356 e. The minimum absolute atomic E-state index is 0.172. The smallest absolute Gasteiger partial charge is 0.240 e. The van der Waals surface area contributed by atoms with Gasteiger partial charge < -0.3 is 9.84 Å². The van der Waals surface area contributed by atoms with Gasteiger partial charge in [-0.2, -0.15) is 0 Å². The number of benzene rings is 1. The maximum absolute atomic E-state index is 11.8. The van der Waals surface area contributed by atoms with Crippen LogP contribution in [0.2, 0.25) is 0 Å². The summed E-state index contributed by atoms with van der Waals surface area (Å²) < 4.78 is 5.23. The Hall–Kier alpha value is -2.96. The minimum atomic E-state index is -0.405. The lowest BCUT2D eigenvalue weighted by Crippen LogP contribution is -2.39. The second-order valence-corrected chi connectivity index (χ2v) is 5.20. The molecule has 1 N–H and O–H groups in total. The standard InChI is InChI=1S/C16H15N3O4/c20-14(10-19-15(21)6-7-16(19)22)17-9-12-8-13(23-18-12)11-4-2-1-3-5-11/h1-5,8H,6-7,9-10H2,(H,17,20). The van der Waals surface area contributed by atoms with E-state index >= 15 is 0 Å². The quantitative estimate of drug-likeness (QED) is 0.835. The number of hydrogen-bond donors (Lipinski definition) is 1. The van der Waals surface area contributed by atoms with Crippen molar-refractivity contribution in [3.63, 3.8) is 0 Å². The molecule has 7 nitrogen and oxygen atoms in total. The van der Waals surface area contributed by atoms with Crippen LogP contribution in [0.3, 0.4) is 0 Å². The molecule has 0 bridgehead atoms. The molecule has 0 radical (unpaired) electrons. The average molecular weight is 313 g/mol. The highest BCUT2D eigenvalue weighted by molar-refractivity contribution is 6.04. The van der Waals surface area contributed by atoms with Crippen molar-refractivity contribution in [2.75, 3.05) is 6.54 Å². The third-order valence-electron chi connectivity index (χ3n) is 3.54. The van der Waals surface area contributed by atoms with E-state index in [2.05, 4.69) is 10.5 Å². The Morgan fingerprint density at radius 3 is 2.57 bits per heavy atom. The first-order chi connectivity index (χ1) is 11.1. The van der Waals surface area contributed by atoms with Gasteiger partial charge in [-0.25, -0.2) is 0 Å². The van der Waals surface area contributed by atoms with Crippen molar-refractivity contribution < 1.29 is 18.9 Å². The first-order valence-electron chi connectivity index (χ1n) is 7.24. The molecule has 2 aromatic rings. The number of imide groups is 1. The molecule has 3 amide bonds. The largest absolute Gasteiger partial charge is 0.356 e. The summed E-state index contributed by atoms with van der Waals surface area (Å²) in [5.74, 6) is -0.409. The Kier molecular flexibility index (Phi) is 4.18. The number of rotatable bonds is 5. The van der Waals surface area contributed by atoms with Gasteiger partial charge in [0.1, 0.15) is 12.2 Å². The fraction of sp³-hybridized carbons (Fsp3) is 0.250. The molecule has 3 rings (SSSR count). The first kappa shape index (κ1) is 15.0. The molecule has 1 fully saturated rings. The second kappa shape index (κ2) is 6.43. The molecular weight excluding hydrogens is 298 g/mol. The number of aromatic nitrogens is 1. The van der Waals surface area contributed by atoms with Gasteiger partial charge in [-0.3, -0.25) is 19.3 Å². The van der Waals surface area contributed by atoms with Gasteiger partial charge in [-0.1, -0.05) is 35.5 Å². The van der Waals surface area contributed by atoms with Gasteiger partial charge in [0.05, 0.1) is 6.54 Å². The van der Waals surface area contributed by atoms with Gasteiger partial charge in [0.15, 0.2) is 5.76 Å². The molecular formula is C16H15N3O4. The molecule has 1 saturated heterocycles. The van der Waals surface area contributed by atoms with Gasteiger partial charge in [-0.15, -0.1) is 0 Å². The van der Waals surface area contributed by atoms with Crippen molar-refractivity contribution in [1.29, 1.82) is 0 Å². The fourth-order valence-corrected chi connectivity index (χ4v) is 2.32. The third-order valence-corrected chi connectivity index (χ3v) is 3.54. The zero-order valence-corrected chi connectivity index (χ0v) is 12.3. The molecule has 2 heterocycles. The molecule has 7 heteroatoms. The molecule has 0 atom stereocenters. The number of nitrogens with one attached hydrogen (secondary N) is 1. The molecule has 0 unspecified atom stereocenters. The molecule has 0 spiro atoms. The molecule has 118 valence electrons. The normalized spacial score (nSPS) is 14.3. The monoisotopic (exact) mass is 313 g/mol. The first-order valence-corrected chi connectivity index (χ1v) is 7.24. The van der Waals surface area contributed by atoms with Crippen LogP contribution in [-0.2, 0) is 20.9 Å². The van der Waals surface area contributed by atoms with E-state index in [-0.39, 0.29) is 37.7 Å².